The number of rotatable bonds is 6. The van der Waals surface area contributed by atoms with Gasteiger partial charge in [0.05, 0.1) is 5.52 Å². The van der Waals surface area contributed by atoms with Crippen molar-refractivity contribution in [2.24, 2.45) is 0 Å². The van der Waals surface area contributed by atoms with Crippen LogP contribution in [0.25, 0.3) is 22.4 Å². The van der Waals surface area contributed by atoms with E-state index in [9.17, 15) is 31.5 Å². The molecule has 1 fully saturated rings. The molecule has 1 atom stereocenters. The van der Waals surface area contributed by atoms with Gasteiger partial charge in [-0.25, -0.2) is 9.97 Å². The predicted octanol–water partition coefficient (Wildman–Crippen LogP) is 4.53. The maximum absolute atomic E-state index is 13.6. The minimum Gasteiger partial charge on any atom is -0.352 e. The number of aromatic nitrogens is 4. The maximum atomic E-state index is 13.6. The molecule has 5 rings (SSSR count). The molecule has 0 radical (unpaired) electrons. The third-order valence-corrected chi connectivity index (χ3v) is 6.86. The number of nitrogens with one attached hydrogen (secondary N) is 2. The lowest BCUT2D eigenvalue weighted by Gasteiger charge is -2.22. The number of hydrogen-bond acceptors (Lipinski definition) is 5. The number of carbonyl (C=O) groups excluding carboxylic acids is 2. The Morgan fingerprint density at radius 1 is 1.24 bits per heavy atom. The quantitative estimate of drug-likeness (QED) is 0.352. The van der Waals surface area contributed by atoms with Crippen molar-refractivity contribution < 1.29 is 31.5 Å². The van der Waals surface area contributed by atoms with Gasteiger partial charge >= 0.3 is 12.1 Å². The summed E-state index contributed by atoms with van der Waals surface area (Å²) >= 11 is 6.04. The zero-order valence-corrected chi connectivity index (χ0v) is 20.3. The molecule has 1 aromatic carbocycles. The van der Waals surface area contributed by atoms with Crippen molar-refractivity contribution in [1.29, 1.82) is 0 Å². The Morgan fingerprint density at radius 3 is 2.59 bits per heavy atom. The van der Waals surface area contributed by atoms with E-state index in [1.807, 2.05) is 0 Å². The predicted molar refractivity (Wildman–Crippen MR) is 123 cm³/mol. The number of benzene rings is 1. The average molecular weight is 543 g/mol. The van der Waals surface area contributed by atoms with Gasteiger partial charge in [0.15, 0.2) is 11.2 Å². The Hall–Kier alpha value is -3.35. The SMILES string of the molecule is Cc1nc(-c2nn(CCC(F)(F)C(F)(F)F)c3cc(Cl)ccc23)nc2c1C(C)(C(=O)NC1CC1)C(=O)N2. The van der Waals surface area contributed by atoms with Gasteiger partial charge in [-0.3, -0.25) is 14.3 Å². The van der Waals surface area contributed by atoms with Gasteiger partial charge in [0.2, 0.25) is 11.8 Å². The highest BCUT2D eigenvalue weighted by Gasteiger charge is 2.57. The summed E-state index contributed by atoms with van der Waals surface area (Å²) in [5, 5.41) is 10.2. The number of halogens is 6. The smallest absolute Gasteiger partial charge is 0.352 e. The van der Waals surface area contributed by atoms with Gasteiger partial charge < -0.3 is 10.6 Å². The summed E-state index contributed by atoms with van der Waals surface area (Å²) in [5.74, 6) is -5.87. The molecule has 3 heterocycles. The third kappa shape index (κ3) is 4.18. The second-order valence-corrected chi connectivity index (χ2v) is 9.80. The van der Waals surface area contributed by atoms with Crippen molar-refractivity contribution in [2.45, 2.75) is 63.2 Å². The normalized spacial score (nSPS) is 19.7. The summed E-state index contributed by atoms with van der Waals surface area (Å²) in [4.78, 5) is 34.6. The van der Waals surface area contributed by atoms with Crippen LogP contribution in [-0.4, -0.2) is 49.7 Å². The van der Waals surface area contributed by atoms with E-state index in [0.29, 0.717) is 16.6 Å². The average Bonchev–Trinajstić information content (AvgIpc) is 3.48. The Bertz CT molecular complexity index is 1450. The van der Waals surface area contributed by atoms with Crippen LogP contribution in [0.2, 0.25) is 5.02 Å². The molecule has 2 aromatic heterocycles. The Labute approximate surface area is 211 Å². The molecular weight excluding hydrogens is 523 g/mol. The fourth-order valence-electron chi connectivity index (χ4n) is 4.36. The summed E-state index contributed by atoms with van der Waals surface area (Å²) in [6, 6.07) is 4.44. The van der Waals surface area contributed by atoms with Crippen molar-refractivity contribution in [2.75, 3.05) is 5.32 Å². The second kappa shape index (κ2) is 8.33. The fraction of sp³-hybridized carbons (Fsp3) is 0.435. The van der Waals surface area contributed by atoms with Crippen LogP contribution < -0.4 is 10.6 Å². The topological polar surface area (TPSA) is 102 Å². The highest BCUT2D eigenvalue weighted by molar-refractivity contribution is 6.31. The summed E-state index contributed by atoms with van der Waals surface area (Å²) in [6.07, 6.45) is -5.57. The van der Waals surface area contributed by atoms with E-state index >= 15 is 0 Å². The summed E-state index contributed by atoms with van der Waals surface area (Å²) in [7, 11) is 0. The molecule has 3 aromatic rings. The van der Waals surface area contributed by atoms with Crippen LogP contribution in [0.4, 0.5) is 27.8 Å². The molecule has 8 nitrogen and oxygen atoms in total. The lowest BCUT2D eigenvalue weighted by atomic mass is 9.82. The van der Waals surface area contributed by atoms with Crippen molar-refractivity contribution in [1.82, 2.24) is 25.1 Å². The first-order valence-electron chi connectivity index (χ1n) is 11.3. The molecule has 1 aliphatic heterocycles. The Kier molecular flexibility index (Phi) is 5.70. The number of fused-ring (bicyclic) bond motifs is 2. The highest BCUT2D eigenvalue weighted by atomic mass is 35.5. The molecule has 0 saturated heterocycles. The number of anilines is 1. The number of nitrogens with zero attached hydrogens (tertiary/aromatic N) is 4. The molecule has 1 saturated carbocycles. The standard InChI is InChI=1S/C23H20ClF5N6O2/c1-10-15-17(33-20(37)21(15,2)19(36)31-12-4-5-12)32-18(30-10)16-13-6-3-11(24)9-14(13)35(34-16)8-7-22(25,26)23(27,28)29/h3,6,9,12H,4-5,7-8H2,1-2H3,(H,31,36)(H,30,32,33,37). The molecule has 1 aliphatic carbocycles. The second-order valence-electron chi connectivity index (χ2n) is 9.37. The van der Waals surface area contributed by atoms with E-state index in [1.54, 1.807) is 6.92 Å². The van der Waals surface area contributed by atoms with Crippen molar-refractivity contribution in [3.8, 4) is 11.5 Å². The van der Waals surface area contributed by atoms with Gasteiger partial charge in [-0.2, -0.15) is 27.1 Å². The fourth-order valence-corrected chi connectivity index (χ4v) is 4.53. The summed E-state index contributed by atoms with van der Waals surface area (Å²) < 4.78 is 66.3. The van der Waals surface area contributed by atoms with Crippen LogP contribution in [-0.2, 0) is 21.5 Å². The van der Waals surface area contributed by atoms with E-state index in [-0.39, 0.29) is 33.9 Å². The van der Waals surface area contributed by atoms with Gasteiger partial charge in [0.25, 0.3) is 0 Å². The molecule has 37 heavy (non-hydrogen) atoms. The van der Waals surface area contributed by atoms with Gasteiger partial charge in [-0.05, 0) is 44.9 Å². The number of aryl methyl sites for hydroxylation is 2. The van der Waals surface area contributed by atoms with Gasteiger partial charge in [-0.15, -0.1) is 0 Å². The van der Waals surface area contributed by atoms with Crippen LogP contribution >= 0.6 is 11.6 Å². The van der Waals surface area contributed by atoms with E-state index in [1.165, 1.54) is 25.1 Å². The number of amides is 2. The molecular formula is C23H20ClF5N6O2. The third-order valence-electron chi connectivity index (χ3n) is 6.62. The molecule has 2 N–H and O–H groups in total. The summed E-state index contributed by atoms with van der Waals surface area (Å²) in [5.41, 5.74) is -0.639. The van der Waals surface area contributed by atoms with Crippen LogP contribution in [0.3, 0.4) is 0 Å². The first-order chi connectivity index (χ1) is 17.2. The van der Waals surface area contributed by atoms with Gasteiger partial charge in [0.1, 0.15) is 11.5 Å². The van der Waals surface area contributed by atoms with Crippen LogP contribution in [0.1, 0.15) is 37.4 Å². The Balaban J connectivity index is 1.56. The molecule has 14 heteroatoms. The van der Waals surface area contributed by atoms with Crippen LogP contribution in [0, 0.1) is 6.92 Å². The first-order valence-corrected chi connectivity index (χ1v) is 11.7. The van der Waals surface area contributed by atoms with Crippen LogP contribution in [0.5, 0.6) is 0 Å². The maximum Gasteiger partial charge on any atom is 0.453 e. The molecule has 2 amide bonds. The molecule has 2 aliphatic rings. The van der Waals surface area contributed by atoms with E-state index < -0.39 is 42.3 Å². The minimum absolute atomic E-state index is 0.00273. The lowest BCUT2D eigenvalue weighted by molar-refractivity contribution is -0.285. The Morgan fingerprint density at radius 2 is 1.95 bits per heavy atom. The van der Waals surface area contributed by atoms with Crippen molar-refractivity contribution >= 4 is 40.1 Å². The molecule has 1 unspecified atom stereocenters. The van der Waals surface area contributed by atoms with E-state index in [0.717, 1.165) is 17.5 Å². The van der Waals surface area contributed by atoms with Gasteiger partial charge in [0, 0.05) is 40.7 Å². The largest absolute Gasteiger partial charge is 0.453 e. The van der Waals surface area contributed by atoms with E-state index in [4.69, 9.17) is 11.6 Å². The summed E-state index contributed by atoms with van der Waals surface area (Å²) in [6.45, 7) is 2.31. The molecule has 0 bridgehead atoms. The van der Waals surface area contributed by atoms with Crippen molar-refractivity contribution in [3.05, 3.63) is 34.5 Å². The lowest BCUT2D eigenvalue weighted by Crippen LogP contribution is -2.48. The monoisotopic (exact) mass is 542 g/mol. The molecule has 0 spiro atoms. The minimum atomic E-state index is -5.70. The molecule has 196 valence electrons. The number of carbonyl (C=O) groups is 2. The zero-order valence-electron chi connectivity index (χ0n) is 19.5. The van der Waals surface area contributed by atoms with Crippen molar-refractivity contribution in [3.63, 3.8) is 0 Å². The van der Waals surface area contributed by atoms with Gasteiger partial charge in [-0.1, -0.05) is 11.6 Å². The number of alkyl halides is 5. The highest BCUT2D eigenvalue weighted by Crippen LogP contribution is 2.42. The zero-order chi connectivity index (χ0) is 26.9. The van der Waals surface area contributed by atoms with Crippen LogP contribution in [0.15, 0.2) is 18.2 Å². The first kappa shape index (κ1) is 25.3. The number of hydrogen-bond donors (Lipinski definition) is 2. The van der Waals surface area contributed by atoms with E-state index in [2.05, 4.69) is 25.7 Å².